The zero-order valence-corrected chi connectivity index (χ0v) is 11.9. The van der Waals surface area contributed by atoms with Gasteiger partial charge in [0.25, 0.3) is 0 Å². The van der Waals surface area contributed by atoms with Crippen molar-refractivity contribution in [3.05, 3.63) is 16.3 Å². The van der Waals surface area contributed by atoms with Crippen LogP contribution in [0.1, 0.15) is 37.0 Å². The van der Waals surface area contributed by atoms with Gasteiger partial charge in [-0.05, 0) is 24.8 Å². The number of aromatic nitrogens is 2. The van der Waals surface area contributed by atoms with Gasteiger partial charge >= 0.3 is 0 Å². The van der Waals surface area contributed by atoms with Gasteiger partial charge in [-0.2, -0.15) is 0 Å². The summed E-state index contributed by atoms with van der Waals surface area (Å²) in [6.45, 7) is 10.7. The minimum atomic E-state index is 0.182. The second-order valence-corrected chi connectivity index (χ2v) is 6.93. The topological polar surface area (TPSA) is 51.8 Å². The molecule has 0 amide bonds. The number of nitrogens with zero attached hydrogens (tertiary/aromatic N) is 2. The van der Waals surface area contributed by atoms with Gasteiger partial charge in [0.15, 0.2) is 0 Å². The first-order valence-corrected chi connectivity index (χ1v) is 6.61. The fourth-order valence-corrected chi connectivity index (χ4v) is 2.94. The van der Waals surface area contributed by atoms with Crippen LogP contribution in [-0.2, 0) is 6.42 Å². The van der Waals surface area contributed by atoms with E-state index >= 15 is 0 Å². The maximum atomic E-state index is 6.05. The van der Waals surface area contributed by atoms with Crippen LogP contribution in [0.3, 0.4) is 0 Å². The second kappa shape index (κ2) is 3.95. The number of thiophene rings is 1. The number of aryl methyl sites for hydroxylation is 2. The number of hydrogen-bond acceptors (Lipinski definition) is 4. The zero-order valence-electron chi connectivity index (χ0n) is 11.1. The number of fused-ring (bicyclic) bond motifs is 1. The highest BCUT2D eigenvalue weighted by Gasteiger charge is 2.17. The molecule has 17 heavy (non-hydrogen) atoms. The van der Waals surface area contributed by atoms with Crippen molar-refractivity contribution >= 4 is 27.4 Å². The standard InChI is InChI=1S/C13H19N3S/c1-7-8(2)17-12-10(7)11(14)15-9(16-12)6-13(3,4)5/h6H2,1-5H3,(H2,14,15,16). The van der Waals surface area contributed by atoms with E-state index in [9.17, 15) is 0 Å². The van der Waals surface area contributed by atoms with E-state index in [1.54, 1.807) is 11.3 Å². The Hall–Kier alpha value is -1.16. The lowest BCUT2D eigenvalue weighted by Crippen LogP contribution is -2.12. The van der Waals surface area contributed by atoms with Gasteiger partial charge in [0.1, 0.15) is 16.5 Å². The highest BCUT2D eigenvalue weighted by atomic mass is 32.1. The molecular formula is C13H19N3S. The Labute approximate surface area is 106 Å². The van der Waals surface area contributed by atoms with E-state index in [2.05, 4.69) is 44.6 Å². The third-order valence-electron chi connectivity index (χ3n) is 2.79. The monoisotopic (exact) mass is 249 g/mol. The van der Waals surface area contributed by atoms with E-state index in [0.29, 0.717) is 5.82 Å². The van der Waals surface area contributed by atoms with Gasteiger partial charge in [-0.15, -0.1) is 11.3 Å². The number of nitrogen functional groups attached to an aromatic ring is 1. The number of nitrogens with two attached hydrogens (primary N) is 1. The Balaban J connectivity index is 2.56. The lowest BCUT2D eigenvalue weighted by molar-refractivity contribution is 0.401. The zero-order chi connectivity index (χ0) is 12.8. The second-order valence-electron chi connectivity index (χ2n) is 5.73. The molecule has 2 rings (SSSR count). The van der Waals surface area contributed by atoms with Gasteiger partial charge in [-0.25, -0.2) is 9.97 Å². The molecule has 0 saturated heterocycles. The van der Waals surface area contributed by atoms with Crippen LogP contribution in [0.2, 0.25) is 0 Å². The normalized spacial score (nSPS) is 12.3. The molecule has 0 aliphatic carbocycles. The molecule has 2 aromatic rings. The van der Waals surface area contributed by atoms with Gasteiger partial charge < -0.3 is 5.73 Å². The minimum Gasteiger partial charge on any atom is -0.383 e. The molecule has 2 N–H and O–H groups in total. The Morgan fingerprint density at radius 1 is 1.18 bits per heavy atom. The van der Waals surface area contributed by atoms with Crippen molar-refractivity contribution in [3.63, 3.8) is 0 Å². The maximum absolute atomic E-state index is 6.05. The van der Waals surface area contributed by atoms with Crippen molar-refractivity contribution in [1.29, 1.82) is 0 Å². The Morgan fingerprint density at radius 3 is 2.41 bits per heavy atom. The van der Waals surface area contributed by atoms with E-state index in [1.807, 2.05) is 0 Å². The van der Waals surface area contributed by atoms with Crippen molar-refractivity contribution in [3.8, 4) is 0 Å². The molecule has 0 atom stereocenters. The van der Waals surface area contributed by atoms with Gasteiger partial charge in [0.2, 0.25) is 0 Å². The van der Waals surface area contributed by atoms with Crippen LogP contribution in [0.15, 0.2) is 0 Å². The van der Waals surface area contributed by atoms with Crippen LogP contribution >= 0.6 is 11.3 Å². The molecule has 0 bridgehead atoms. The minimum absolute atomic E-state index is 0.182. The van der Waals surface area contributed by atoms with Crippen molar-refractivity contribution < 1.29 is 0 Å². The van der Waals surface area contributed by atoms with Gasteiger partial charge in [0, 0.05) is 11.3 Å². The third-order valence-corrected chi connectivity index (χ3v) is 3.89. The maximum Gasteiger partial charge on any atom is 0.136 e. The number of rotatable bonds is 1. The van der Waals surface area contributed by atoms with Crippen molar-refractivity contribution in [2.24, 2.45) is 5.41 Å². The van der Waals surface area contributed by atoms with Gasteiger partial charge in [-0.1, -0.05) is 20.8 Å². The molecule has 0 radical (unpaired) electrons. The van der Waals surface area contributed by atoms with Crippen molar-refractivity contribution in [1.82, 2.24) is 9.97 Å². The predicted octanol–water partition coefficient (Wildman–Crippen LogP) is 3.48. The number of anilines is 1. The summed E-state index contributed by atoms with van der Waals surface area (Å²) in [7, 11) is 0. The summed E-state index contributed by atoms with van der Waals surface area (Å²) in [5.41, 5.74) is 7.44. The molecule has 0 fully saturated rings. The summed E-state index contributed by atoms with van der Waals surface area (Å²) in [6.07, 6.45) is 0.850. The van der Waals surface area contributed by atoms with Crippen LogP contribution < -0.4 is 5.73 Å². The SMILES string of the molecule is Cc1sc2nc(CC(C)(C)C)nc(N)c2c1C. The average Bonchev–Trinajstić information content (AvgIpc) is 2.39. The molecule has 2 aromatic heterocycles. The molecule has 92 valence electrons. The lowest BCUT2D eigenvalue weighted by Gasteiger charge is -2.16. The van der Waals surface area contributed by atoms with Crippen molar-refractivity contribution in [2.75, 3.05) is 5.73 Å². The van der Waals surface area contributed by atoms with E-state index in [4.69, 9.17) is 5.73 Å². The molecule has 3 nitrogen and oxygen atoms in total. The molecule has 2 heterocycles. The summed E-state index contributed by atoms with van der Waals surface area (Å²) in [4.78, 5) is 11.4. The van der Waals surface area contributed by atoms with Crippen LogP contribution in [0.5, 0.6) is 0 Å². The summed E-state index contributed by atoms with van der Waals surface area (Å²) in [5, 5.41) is 1.03. The van der Waals surface area contributed by atoms with E-state index in [1.165, 1.54) is 10.4 Å². The molecule has 0 saturated carbocycles. The smallest absolute Gasteiger partial charge is 0.136 e. The first-order valence-electron chi connectivity index (χ1n) is 5.80. The van der Waals surface area contributed by atoms with Crippen LogP contribution in [-0.4, -0.2) is 9.97 Å². The Bertz CT molecular complexity index is 564. The third kappa shape index (κ3) is 2.41. The molecule has 0 unspecified atom stereocenters. The molecule has 0 spiro atoms. The number of hydrogen-bond donors (Lipinski definition) is 1. The Kier molecular flexibility index (Phi) is 2.86. The predicted molar refractivity (Wildman–Crippen MR) is 74.5 cm³/mol. The van der Waals surface area contributed by atoms with Crippen LogP contribution in [0.25, 0.3) is 10.2 Å². The van der Waals surface area contributed by atoms with Gasteiger partial charge in [0.05, 0.1) is 5.39 Å². The summed E-state index contributed by atoms with van der Waals surface area (Å²) in [6, 6.07) is 0. The molecule has 0 aliphatic heterocycles. The Morgan fingerprint density at radius 2 is 1.82 bits per heavy atom. The highest BCUT2D eigenvalue weighted by molar-refractivity contribution is 7.18. The fraction of sp³-hybridized carbons (Fsp3) is 0.538. The molecule has 0 aromatic carbocycles. The van der Waals surface area contributed by atoms with Crippen LogP contribution in [0, 0.1) is 19.3 Å². The first kappa shape index (κ1) is 12.3. The van der Waals surface area contributed by atoms with E-state index < -0.39 is 0 Å². The highest BCUT2D eigenvalue weighted by Crippen LogP contribution is 2.32. The van der Waals surface area contributed by atoms with Gasteiger partial charge in [-0.3, -0.25) is 0 Å². The average molecular weight is 249 g/mol. The molecular weight excluding hydrogens is 230 g/mol. The van der Waals surface area contributed by atoms with Crippen LogP contribution in [0.4, 0.5) is 5.82 Å². The van der Waals surface area contributed by atoms with Crippen molar-refractivity contribution in [2.45, 2.75) is 41.0 Å². The molecule has 0 aliphatic rings. The summed E-state index contributed by atoms with van der Waals surface area (Å²) in [5.74, 6) is 1.47. The summed E-state index contributed by atoms with van der Waals surface area (Å²) >= 11 is 1.70. The quantitative estimate of drug-likeness (QED) is 0.841. The lowest BCUT2D eigenvalue weighted by atomic mass is 9.92. The largest absolute Gasteiger partial charge is 0.383 e. The molecule has 4 heteroatoms. The van der Waals surface area contributed by atoms with E-state index in [-0.39, 0.29) is 5.41 Å². The summed E-state index contributed by atoms with van der Waals surface area (Å²) < 4.78 is 0. The fourth-order valence-electron chi connectivity index (χ4n) is 1.88. The first-order chi connectivity index (χ1) is 7.78. The van der Waals surface area contributed by atoms with E-state index in [0.717, 1.165) is 22.5 Å².